The van der Waals surface area contributed by atoms with Crippen LogP contribution < -0.4 is 5.32 Å². The number of carbonyl (C=O) groups excluding carboxylic acids is 3. The second-order valence-corrected chi connectivity index (χ2v) is 14.5. The molecule has 2 aromatic rings. The number of amides is 3. The molecule has 5 aliphatic rings. The molecule has 0 radical (unpaired) electrons. The Morgan fingerprint density at radius 2 is 2.02 bits per heavy atom. The number of benzene rings is 1. The van der Waals surface area contributed by atoms with E-state index >= 15 is 0 Å². The van der Waals surface area contributed by atoms with Gasteiger partial charge < -0.3 is 20.3 Å². The molecule has 1 aliphatic carbocycles. The number of rotatable bonds is 5. The number of nitrogens with one attached hydrogen (secondary N) is 2. The minimum Gasteiger partial charge on any atom is -0.349 e. The Hall–Kier alpha value is -2.73. The van der Waals surface area contributed by atoms with Crippen molar-refractivity contribution < 1.29 is 24.2 Å². The summed E-state index contributed by atoms with van der Waals surface area (Å²) in [6, 6.07) is 4.76. The Kier molecular flexibility index (Phi) is 6.67. The molecule has 1 aromatic carbocycles. The first-order valence-electron chi connectivity index (χ1n) is 15.5. The van der Waals surface area contributed by atoms with Crippen molar-refractivity contribution in [2.75, 3.05) is 20.1 Å². The fourth-order valence-electron chi connectivity index (χ4n) is 8.15. The third-order valence-corrected chi connectivity index (χ3v) is 10.9. The highest BCUT2D eigenvalue weighted by atomic mass is 79.9. The normalized spacial score (nSPS) is 33.7. The van der Waals surface area contributed by atoms with Gasteiger partial charge in [-0.2, -0.15) is 0 Å². The number of H-pyrrole nitrogens is 1. The number of likely N-dealkylation sites (N-methyl/N-ethyl adjacent to an activating group) is 1. The predicted molar refractivity (Wildman–Crippen MR) is 164 cm³/mol. The maximum atomic E-state index is 14.4. The number of halogens is 1. The van der Waals surface area contributed by atoms with E-state index in [1.807, 2.05) is 33.0 Å². The van der Waals surface area contributed by atoms with E-state index in [-0.39, 0.29) is 23.8 Å². The van der Waals surface area contributed by atoms with Crippen LogP contribution in [-0.4, -0.2) is 92.4 Å². The highest BCUT2D eigenvalue weighted by Gasteiger charge is 2.72. The van der Waals surface area contributed by atoms with Gasteiger partial charge in [0.15, 0.2) is 0 Å². The largest absolute Gasteiger partial charge is 0.349 e. The van der Waals surface area contributed by atoms with Crippen molar-refractivity contribution in [2.45, 2.75) is 83.1 Å². The Balaban J connectivity index is 1.25. The number of aromatic amines is 1. The van der Waals surface area contributed by atoms with Gasteiger partial charge in [-0.15, -0.1) is 0 Å². The number of nitrogens with zero attached hydrogens (tertiary/aromatic N) is 3. The molecule has 0 unspecified atom stereocenters. The molecule has 230 valence electrons. The van der Waals surface area contributed by atoms with Crippen molar-refractivity contribution in [1.82, 2.24) is 25.0 Å². The minimum atomic E-state index is -2.01. The topological polar surface area (TPSA) is 118 Å². The summed E-state index contributed by atoms with van der Waals surface area (Å²) in [6.07, 6.45) is 4.49. The molecule has 0 spiro atoms. The maximum Gasteiger partial charge on any atom is 0.281 e. The number of piperazine rings is 1. The van der Waals surface area contributed by atoms with Crippen LogP contribution in [0.15, 0.2) is 28.9 Å². The van der Waals surface area contributed by atoms with E-state index in [2.05, 4.69) is 43.3 Å². The van der Waals surface area contributed by atoms with E-state index in [0.29, 0.717) is 25.9 Å². The Bertz CT molecular complexity index is 1570. The molecule has 0 bridgehead atoms. The summed E-state index contributed by atoms with van der Waals surface area (Å²) < 4.78 is 7.43. The molecule has 10 nitrogen and oxygen atoms in total. The lowest BCUT2D eigenvalue weighted by Gasteiger charge is -2.49. The second-order valence-electron chi connectivity index (χ2n) is 13.7. The molecule has 11 heteroatoms. The van der Waals surface area contributed by atoms with Crippen molar-refractivity contribution in [1.29, 1.82) is 0 Å². The van der Waals surface area contributed by atoms with Crippen LogP contribution in [0.2, 0.25) is 0 Å². The Morgan fingerprint density at radius 3 is 2.74 bits per heavy atom. The van der Waals surface area contributed by atoms with Crippen molar-refractivity contribution in [2.24, 2.45) is 17.8 Å². The third-order valence-electron chi connectivity index (χ3n) is 10.3. The van der Waals surface area contributed by atoms with Crippen molar-refractivity contribution in [3.63, 3.8) is 0 Å². The van der Waals surface area contributed by atoms with E-state index in [4.69, 9.17) is 4.74 Å². The number of carbonyl (C=O) groups is 3. The van der Waals surface area contributed by atoms with Crippen LogP contribution in [-0.2, 0) is 25.5 Å². The van der Waals surface area contributed by atoms with Crippen LogP contribution in [0.25, 0.3) is 16.5 Å². The van der Waals surface area contributed by atoms with Gasteiger partial charge in [-0.05, 0) is 77.3 Å². The van der Waals surface area contributed by atoms with Crippen LogP contribution in [0.1, 0.15) is 58.1 Å². The van der Waals surface area contributed by atoms with Crippen molar-refractivity contribution >= 4 is 50.1 Å². The van der Waals surface area contributed by atoms with Gasteiger partial charge in [-0.25, -0.2) is 0 Å². The highest BCUT2D eigenvalue weighted by Crippen LogP contribution is 2.49. The van der Waals surface area contributed by atoms with Crippen LogP contribution in [0, 0.1) is 17.8 Å². The Labute approximate surface area is 259 Å². The summed E-state index contributed by atoms with van der Waals surface area (Å²) >= 11 is 3.70. The monoisotopic (exact) mass is 653 g/mol. The zero-order valence-electron chi connectivity index (χ0n) is 25.3. The van der Waals surface area contributed by atoms with Crippen LogP contribution in [0.3, 0.4) is 0 Å². The lowest BCUT2D eigenvalue weighted by molar-refractivity contribution is -0.322. The zero-order chi connectivity index (χ0) is 30.6. The fourth-order valence-corrected chi connectivity index (χ4v) is 8.72. The standard InChI is InChI=1S/C32H40BrN5O5/c1-16(2)12-24-29(40)37-11-7-10-25(37)32(42)38(24)30(41)31(43-32,17(3)4)35-28(39)18-13-20-19-8-6-9-22-26(19)21(27(33)34-22)14-23(20)36(5)15-18/h6,8-9,13,16-18,23-25,34,42H,7,10-12,14-15H2,1-5H3,(H,35,39)/t18-,23+,24-,25+,31-,32-/m0/s1. The van der Waals surface area contributed by atoms with Crippen LogP contribution in [0.5, 0.6) is 0 Å². The third kappa shape index (κ3) is 4.04. The van der Waals surface area contributed by atoms with Crippen molar-refractivity contribution in [3.8, 4) is 0 Å². The molecule has 7 rings (SSSR count). The summed E-state index contributed by atoms with van der Waals surface area (Å²) in [5, 5.41) is 16.3. The number of fused-ring (bicyclic) bond motifs is 5. The number of ether oxygens (including phenoxy) is 1. The predicted octanol–water partition coefficient (Wildman–Crippen LogP) is 3.19. The smallest absolute Gasteiger partial charge is 0.281 e. The van der Waals surface area contributed by atoms with Gasteiger partial charge in [-0.1, -0.05) is 45.9 Å². The zero-order valence-corrected chi connectivity index (χ0v) is 26.9. The van der Waals surface area contributed by atoms with Gasteiger partial charge in [-0.3, -0.25) is 28.9 Å². The van der Waals surface area contributed by atoms with Crippen molar-refractivity contribution in [3.05, 3.63) is 40.0 Å². The number of hydrogen-bond acceptors (Lipinski definition) is 6. The molecule has 43 heavy (non-hydrogen) atoms. The summed E-state index contributed by atoms with van der Waals surface area (Å²) in [6.45, 7) is 8.57. The molecular weight excluding hydrogens is 614 g/mol. The summed E-state index contributed by atoms with van der Waals surface area (Å²) in [5.41, 5.74) is 2.68. The molecule has 1 aromatic heterocycles. The second kappa shape index (κ2) is 9.89. The van der Waals surface area contributed by atoms with Gasteiger partial charge in [0.25, 0.3) is 11.8 Å². The first kappa shape index (κ1) is 29.0. The summed E-state index contributed by atoms with van der Waals surface area (Å²) in [7, 11) is 2.03. The van der Waals surface area contributed by atoms with Gasteiger partial charge in [0.2, 0.25) is 17.5 Å². The van der Waals surface area contributed by atoms with Gasteiger partial charge in [0.1, 0.15) is 12.1 Å². The molecule has 3 amide bonds. The average Bonchev–Trinajstić information content (AvgIpc) is 3.63. The Morgan fingerprint density at radius 1 is 1.26 bits per heavy atom. The average molecular weight is 655 g/mol. The highest BCUT2D eigenvalue weighted by molar-refractivity contribution is 9.10. The number of aromatic nitrogens is 1. The lowest BCUT2D eigenvalue weighted by Crippen LogP contribution is -2.71. The molecule has 3 fully saturated rings. The minimum absolute atomic E-state index is 0.104. The van der Waals surface area contributed by atoms with Gasteiger partial charge in [0.05, 0.1) is 10.5 Å². The van der Waals surface area contributed by atoms with Gasteiger partial charge >= 0.3 is 0 Å². The lowest BCUT2D eigenvalue weighted by atomic mass is 9.79. The van der Waals surface area contributed by atoms with Gasteiger partial charge in [0, 0.05) is 36.0 Å². The van der Waals surface area contributed by atoms with E-state index in [1.165, 1.54) is 15.8 Å². The molecule has 3 saturated heterocycles. The van der Waals surface area contributed by atoms with Crippen LogP contribution >= 0.6 is 15.9 Å². The van der Waals surface area contributed by atoms with E-state index < -0.39 is 41.5 Å². The summed E-state index contributed by atoms with van der Waals surface area (Å²) in [5.74, 6) is -4.01. The first-order valence-corrected chi connectivity index (χ1v) is 16.3. The number of aliphatic hydroxyl groups is 1. The van der Waals surface area contributed by atoms with E-state index in [0.717, 1.165) is 34.1 Å². The molecule has 0 saturated carbocycles. The molecular formula is C32H40BrN5O5. The van der Waals surface area contributed by atoms with Crippen LogP contribution in [0.4, 0.5) is 0 Å². The van der Waals surface area contributed by atoms with E-state index in [1.54, 1.807) is 18.7 Å². The SMILES string of the molecule is CC(C)C[C@H]1C(=O)N2CCC[C@@H]2[C@]2(O)O[C@@](NC(=O)[C@H]3C=C4c5cccc6[nH]c(Br)c(c56)C[C@H]4N(C)C3)(C(C)C)C(=O)N12. The molecule has 4 aliphatic heterocycles. The van der Waals surface area contributed by atoms with E-state index in [9.17, 15) is 19.5 Å². The summed E-state index contributed by atoms with van der Waals surface area (Å²) in [4.78, 5) is 50.8. The quantitative estimate of drug-likeness (QED) is 0.456. The maximum absolute atomic E-state index is 14.4. The number of hydrogen-bond donors (Lipinski definition) is 3. The molecule has 3 N–H and O–H groups in total. The molecule has 6 atom stereocenters. The molecule has 5 heterocycles. The first-order chi connectivity index (χ1) is 20.4. The fraction of sp³-hybridized carbons (Fsp3) is 0.594.